The van der Waals surface area contributed by atoms with Gasteiger partial charge in [0, 0.05) is 25.4 Å². The van der Waals surface area contributed by atoms with E-state index < -0.39 is 10.0 Å². The molecule has 0 atom stereocenters. The fraction of sp³-hybridized carbons (Fsp3) is 0.588. The predicted molar refractivity (Wildman–Crippen MR) is 95.8 cm³/mol. The molecule has 1 saturated heterocycles. The van der Waals surface area contributed by atoms with Gasteiger partial charge in [0.05, 0.1) is 4.90 Å². The molecular weight excluding hydrogens is 332 g/mol. The van der Waals surface area contributed by atoms with Gasteiger partial charge in [-0.25, -0.2) is 0 Å². The number of aryl methyl sites for hydroxylation is 1. The molecule has 0 bridgehead atoms. The van der Waals surface area contributed by atoms with Gasteiger partial charge in [0.15, 0.2) is 0 Å². The summed E-state index contributed by atoms with van der Waals surface area (Å²) in [5, 5.41) is 0. The van der Waals surface area contributed by atoms with Crippen molar-refractivity contribution in [3.8, 4) is 0 Å². The second-order valence-electron chi connectivity index (χ2n) is 5.99. The second-order valence-corrected chi connectivity index (χ2v) is 7.97. The van der Waals surface area contributed by atoms with Crippen molar-refractivity contribution in [3.63, 3.8) is 0 Å². The van der Waals surface area contributed by atoms with Crippen LogP contribution in [0.25, 0.3) is 0 Å². The predicted octanol–water partition coefficient (Wildman–Crippen LogP) is 3.98. The topological polar surface area (TPSA) is 49.7 Å². The number of likely N-dealkylation sites (tertiary alicyclic amines) is 1. The Morgan fingerprint density at radius 2 is 1.78 bits per heavy atom. The van der Waals surface area contributed by atoms with E-state index >= 15 is 0 Å². The van der Waals surface area contributed by atoms with Crippen LogP contribution < -0.4 is 0 Å². The monoisotopic (exact) mass is 356 g/mol. The van der Waals surface area contributed by atoms with Crippen molar-refractivity contribution in [2.24, 2.45) is 4.40 Å². The van der Waals surface area contributed by atoms with E-state index in [1.807, 2.05) is 6.92 Å². The zero-order chi connectivity index (χ0) is 16.7. The normalized spacial score (nSPS) is 16.6. The van der Waals surface area contributed by atoms with Gasteiger partial charge in [-0.05, 0) is 51.2 Å². The van der Waals surface area contributed by atoms with E-state index in [1.54, 1.807) is 24.3 Å². The summed E-state index contributed by atoms with van der Waals surface area (Å²) >= 11 is 5.74. The lowest BCUT2D eigenvalue weighted by Gasteiger charge is -2.29. The Kier molecular flexibility index (Phi) is 6.90. The lowest BCUT2D eigenvalue weighted by molar-refractivity contribution is 0.336. The van der Waals surface area contributed by atoms with Crippen molar-refractivity contribution in [1.82, 2.24) is 4.90 Å². The number of nitrogens with zero attached hydrogens (tertiary/aromatic N) is 2. The first-order chi connectivity index (χ1) is 11.0. The third-order valence-electron chi connectivity index (χ3n) is 4.05. The summed E-state index contributed by atoms with van der Waals surface area (Å²) in [5.41, 5.74) is 1.03. The molecule has 0 spiro atoms. The van der Waals surface area contributed by atoms with Crippen molar-refractivity contribution < 1.29 is 8.42 Å². The highest BCUT2D eigenvalue weighted by Gasteiger charge is 2.19. The average molecular weight is 357 g/mol. The minimum Gasteiger partial charge on any atom is -0.359 e. The van der Waals surface area contributed by atoms with E-state index in [4.69, 9.17) is 11.6 Å². The maximum Gasteiger partial charge on any atom is 0.283 e. The molecule has 2 rings (SSSR count). The lowest BCUT2D eigenvalue weighted by atomic mass is 10.1. The Labute approximate surface area is 144 Å². The third kappa shape index (κ3) is 5.50. The van der Waals surface area contributed by atoms with Crippen LogP contribution in [-0.4, -0.2) is 38.1 Å². The number of piperidine rings is 1. The number of hydrogen-bond donors (Lipinski definition) is 0. The van der Waals surface area contributed by atoms with Crippen LogP contribution >= 0.6 is 11.6 Å². The molecule has 1 aromatic rings. The zero-order valence-electron chi connectivity index (χ0n) is 13.7. The molecule has 0 aliphatic carbocycles. The Bertz CT molecular complexity index is 620. The summed E-state index contributed by atoms with van der Waals surface area (Å²) in [7, 11) is -3.65. The molecule has 1 fully saturated rings. The Morgan fingerprint density at radius 1 is 1.13 bits per heavy atom. The number of rotatable bonds is 6. The number of hydrogen-bond acceptors (Lipinski definition) is 2. The molecule has 0 aromatic heterocycles. The number of amidine groups is 1. The summed E-state index contributed by atoms with van der Waals surface area (Å²) in [6.45, 7) is 3.72. The first kappa shape index (κ1) is 18.3. The summed E-state index contributed by atoms with van der Waals surface area (Å²) in [5.74, 6) is 1.29. The van der Waals surface area contributed by atoms with Crippen LogP contribution in [0.1, 0.15) is 44.1 Å². The molecule has 0 N–H and O–H groups in total. The van der Waals surface area contributed by atoms with Crippen LogP contribution in [0.4, 0.5) is 0 Å². The van der Waals surface area contributed by atoms with E-state index in [-0.39, 0.29) is 4.90 Å². The minimum atomic E-state index is -3.65. The van der Waals surface area contributed by atoms with E-state index in [0.29, 0.717) is 18.1 Å². The van der Waals surface area contributed by atoms with Gasteiger partial charge >= 0.3 is 0 Å². The molecular formula is C17H25ClN2O2S. The number of alkyl halides is 1. The quantitative estimate of drug-likeness (QED) is 0.335. The van der Waals surface area contributed by atoms with Gasteiger partial charge in [-0.1, -0.05) is 17.7 Å². The Hall–Kier alpha value is -1.07. The van der Waals surface area contributed by atoms with Crippen molar-refractivity contribution >= 4 is 27.5 Å². The number of unbranched alkanes of at least 4 members (excludes halogenated alkanes) is 1. The molecule has 1 heterocycles. The molecule has 1 aliphatic rings. The molecule has 0 amide bonds. The summed E-state index contributed by atoms with van der Waals surface area (Å²) in [6.07, 6.45) is 5.80. The summed E-state index contributed by atoms with van der Waals surface area (Å²) < 4.78 is 29.4. The highest BCUT2D eigenvalue weighted by atomic mass is 35.5. The van der Waals surface area contributed by atoms with Crippen LogP contribution in [0.3, 0.4) is 0 Å². The zero-order valence-corrected chi connectivity index (χ0v) is 15.2. The van der Waals surface area contributed by atoms with Gasteiger partial charge in [0.1, 0.15) is 5.84 Å². The van der Waals surface area contributed by atoms with Crippen LogP contribution in [0.5, 0.6) is 0 Å². The number of benzene rings is 1. The fourth-order valence-electron chi connectivity index (χ4n) is 2.69. The van der Waals surface area contributed by atoms with Gasteiger partial charge in [-0.2, -0.15) is 8.42 Å². The molecule has 128 valence electrons. The fourth-order valence-corrected chi connectivity index (χ4v) is 3.95. The third-order valence-corrected chi connectivity index (χ3v) is 5.64. The Morgan fingerprint density at radius 3 is 2.39 bits per heavy atom. The van der Waals surface area contributed by atoms with Crippen molar-refractivity contribution in [2.75, 3.05) is 19.0 Å². The highest BCUT2D eigenvalue weighted by Crippen LogP contribution is 2.18. The van der Waals surface area contributed by atoms with Crippen molar-refractivity contribution in [1.29, 1.82) is 0 Å². The minimum absolute atomic E-state index is 0.259. The second kappa shape index (κ2) is 8.69. The average Bonchev–Trinajstić information content (AvgIpc) is 2.55. The van der Waals surface area contributed by atoms with Gasteiger partial charge in [0.2, 0.25) is 0 Å². The molecule has 6 heteroatoms. The smallest absolute Gasteiger partial charge is 0.283 e. The van der Waals surface area contributed by atoms with Gasteiger partial charge in [-0.3, -0.25) is 0 Å². The first-order valence-corrected chi connectivity index (χ1v) is 10.2. The van der Waals surface area contributed by atoms with Gasteiger partial charge in [0.25, 0.3) is 10.0 Å². The van der Waals surface area contributed by atoms with Crippen molar-refractivity contribution in [2.45, 2.75) is 50.3 Å². The Balaban J connectivity index is 2.23. The van der Waals surface area contributed by atoms with Crippen LogP contribution in [0, 0.1) is 6.92 Å². The largest absolute Gasteiger partial charge is 0.359 e. The van der Waals surface area contributed by atoms with E-state index in [9.17, 15) is 8.42 Å². The SMILES string of the molecule is Cc1ccc(S(=O)(=O)N=C(CCCCCl)N2CCCCC2)cc1. The number of sulfonamides is 1. The summed E-state index contributed by atoms with van der Waals surface area (Å²) in [6, 6.07) is 6.86. The van der Waals surface area contributed by atoms with E-state index in [1.165, 1.54) is 6.42 Å². The van der Waals surface area contributed by atoms with Gasteiger partial charge in [-0.15, -0.1) is 16.0 Å². The standard InChI is InChI=1S/C17H25ClN2O2S/c1-15-8-10-16(11-9-15)23(21,22)19-17(7-3-4-12-18)20-13-5-2-6-14-20/h8-11H,2-7,12-14H2,1H3. The van der Waals surface area contributed by atoms with Crippen LogP contribution in [-0.2, 0) is 10.0 Å². The van der Waals surface area contributed by atoms with Gasteiger partial charge < -0.3 is 4.90 Å². The maximum absolute atomic E-state index is 12.6. The molecule has 0 unspecified atom stereocenters. The molecule has 1 aromatic carbocycles. The lowest BCUT2D eigenvalue weighted by Crippen LogP contribution is -2.36. The first-order valence-electron chi connectivity index (χ1n) is 8.24. The van der Waals surface area contributed by atoms with Crippen molar-refractivity contribution in [3.05, 3.63) is 29.8 Å². The van der Waals surface area contributed by atoms with E-state index in [2.05, 4.69) is 9.30 Å². The van der Waals surface area contributed by atoms with Crippen LogP contribution in [0.15, 0.2) is 33.6 Å². The highest BCUT2D eigenvalue weighted by molar-refractivity contribution is 7.90. The van der Waals surface area contributed by atoms with E-state index in [0.717, 1.165) is 44.3 Å². The van der Waals surface area contributed by atoms with Crippen LogP contribution in [0.2, 0.25) is 0 Å². The molecule has 1 aliphatic heterocycles. The number of halogens is 1. The maximum atomic E-state index is 12.6. The molecule has 23 heavy (non-hydrogen) atoms. The molecule has 4 nitrogen and oxygen atoms in total. The molecule has 0 saturated carbocycles. The summed E-state index contributed by atoms with van der Waals surface area (Å²) in [4.78, 5) is 2.39. The molecule has 0 radical (unpaired) electrons.